The second-order valence-corrected chi connectivity index (χ2v) is 4.46. The maximum absolute atomic E-state index is 13.5. The van der Waals surface area contributed by atoms with E-state index in [0.717, 1.165) is 5.69 Å². The molecule has 0 fully saturated rings. The van der Waals surface area contributed by atoms with Gasteiger partial charge >= 0.3 is 0 Å². The van der Waals surface area contributed by atoms with E-state index < -0.39 is 11.6 Å². The van der Waals surface area contributed by atoms with Crippen molar-refractivity contribution < 1.29 is 8.78 Å². The van der Waals surface area contributed by atoms with Gasteiger partial charge in [-0.1, -0.05) is 15.9 Å². The molecule has 0 unspecified atom stereocenters. The number of nitrogens with one attached hydrogen (secondary N) is 1. The first-order valence-corrected chi connectivity index (χ1v) is 5.72. The van der Waals surface area contributed by atoms with Crippen molar-refractivity contribution in [2.45, 2.75) is 6.54 Å². The van der Waals surface area contributed by atoms with E-state index in [1.54, 1.807) is 24.0 Å². The number of anilines is 1. The molecule has 3 nitrogen and oxygen atoms in total. The molecule has 0 aliphatic heterocycles. The van der Waals surface area contributed by atoms with E-state index in [1.165, 1.54) is 12.1 Å². The number of halogens is 3. The number of aryl methyl sites for hydroxylation is 1. The summed E-state index contributed by atoms with van der Waals surface area (Å²) in [6.45, 7) is 0.311. The van der Waals surface area contributed by atoms with E-state index in [2.05, 4.69) is 26.3 Å². The van der Waals surface area contributed by atoms with Crippen LogP contribution in [0.1, 0.15) is 5.69 Å². The average molecular weight is 302 g/mol. The minimum atomic E-state index is -0.626. The van der Waals surface area contributed by atoms with Crippen LogP contribution in [0.4, 0.5) is 14.5 Å². The van der Waals surface area contributed by atoms with Gasteiger partial charge in [-0.3, -0.25) is 4.68 Å². The molecule has 1 aromatic heterocycles. The Balaban J connectivity index is 2.17. The van der Waals surface area contributed by atoms with E-state index in [4.69, 9.17) is 0 Å². The van der Waals surface area contributed by atoms with Gasteiger partial charge in [-0.2, -0.15) is 5.10 Å². The summed E-state index contributed by atoms with van der Waals surface area (Å²) in [5.74, 6) is -1.25. The topological polar surface area (TPSA) is 29.9 Å². The van der Waals surface area contributed by atoms with Crippen LogP contribution in [0.2, 0.25) is 0 Å². The van der Waals surface area contributed by atoms with Gasteiger partial charge in [0.2, 0.25) is 0 Å². The fourth-order valence-electron chi connectivity index (χ4n) is 1.46. The zero-order valence-electron chi connectivity index (χ0n) is 9.04. The van der Waals surface area contributed by atoms with Gasteiger partial charge in [0, 0.05) is 17.7 Å². The van der Waals surface area contributed by atoms with Crippen LogP contribution in [-0.4, -0.2) is 9.78 Å². The zero-order chi connectivity index (χ0) is 12.4. The van der Waals surface area contributed by atoms with Crippen molar-refractivity contribution in [1.82, 2.24) is 9.78 Å². The van der Waals surface area contributed by atoms with Crippen molar-refractivity contribution in [3.63, 3.8) is 0 Å². The minimum Gasteiger partial charge on any atom is -0.375 e. The van der Waals surface area contributed by atoms with Crippen molar-refractivity contribution >= 4 is 21.6 Å². The van der Waals surface area contributed by atoms with Gasteiger partial charge in [-0.15, -0.1) is 0 Å². The van der Waals surface area contributed by atoms with Crippen LogP contribution in [0.3, 0.4) is 0 Å². The van der Waals surface area contributed by atoms with Crippen LogP contribution < -0.4 is 5.32 Å². The molecule has 0 spiro atoms. The summed E-state index contributed by atoms with van der Waals surface area (Å²) in [5.41, 5.74) is 0.709. The molecule has 1 aromatic carbocycles. The fourth-order valence-corrected chi connectivity index (χ4v) is 1.87. The molecule has 17 heavy (non-hydrogen) atoms. The number of hydrogen-bond acceptors (Lipinski definition) is 2. The molecule has 0 amide bonds. The Bertz CT molecular complexity index is 516. The summed E-state index contributed by atoms with van der Waals surface area (Å²) in [6.07, 6.45) is 1.63. The quantitative estimate of drug-likeness (QED) is 0.944. The Morgan fingerprint density at radius 3 is 2.53 bits per heavy atom. The van der Waals surface area contributed by atoms with Gasteiger partial charge in [0.1, 0.15) is 17.3 Å². The first-order valence-electron chi connectivity index (χ1n) is 4.93. The molecular weight excluding hydrogens is 292 g/mol. The number of hydrogen-bond donors (Lipinski definition) is 1. The van der Waals surface area contributed by atoms with E-state index in [0.29, 0.717) is 11.0 Å². The van der Waals surface area contributed by atoms with E-state index in [-0.39, 0.29) is 5.69 Å². The lowest BCUT2D eigenvalue weighted by Gasteiger charge is -2.09. The Hall–Kier alpha value is -1.43. The zero-order valence-corrected chi connectivity index (χ0v) is 10.6. The third kappa shape index (κ3) is 2.63. The molecule has 0 saturated heterocycles. The van der Waals surface area contributed by atoms with Crippen LogP contribution >= 0.6 is 15.9 Å². The number of nitrogens with zero attached hydrogens (tertiary/aromatic N) is 2. The molecular formula is C11H10BrF2N3. The molecule has 2 rings (SSSR count). The Kier molecular flexibility index (Phi) is 3.42. The van der Waals surface area contributed by atoms with Crippen molar-refractivity contribution in [2.24, 2.45) is 7.05 Å². The highest BCUT2D eigenvalue weighted by atomic mass is 79.9. The lowest BCUT2D eigenvalue weighted by molar-refractivity contribution is 0.585. The molecule has 0 aliphatic carbocycles. The summed E-state index contributed by atoms with van der Waals surface area (Å²) >= 11 is 3.03. The third-order valence-corrected chi connectivity index (χ3v) is 2.83. The summed E-state index contributed by atoms with van der Waals surface area (Å²) < 4.78 is 29.0. The summed E-state index contributed by atoms with van der Waals surface area (Å²) in [6, 6.07) is 4.21. The predicted octanol–water partition coefficient (Wildman–Crippen LogP) is 3.07. The highest BCUT2D eigenvalue weighted by Crippen LogP contribution is 2.24. The maximum Gasteiger partial charge on any atom is 0.150 e. The SMILES string of the molecule is Cn1nccc1CNc1c(F)cc(Br)cc1F. The smallest absolute Gasteiger partial charge is 0.150 e. The lowest BCUT2D eigenvalue weighted by atomic mass is 10.3. The van der Waals surface area contributed by atoms with Crippen molar-refractivity contribution in [3.05, 3.63) is 46.2 Å². The van der Waals surface area contributed by atoms with Gasteiger partial charge in [-0.05, 0) is 18.2 Å². The van der Waals surface area contributed by atoms with Crippen molar-refractivity contribution in [1.29, 1.82) is 0 Å². The van der Waals surface area contributed by atoms with Gasteiger partial charge in [0.05, 0.1) is 12.2 Å². The Morgan fingerprint density at radius 1 is 1.35 bits per heavy atom. The second-order valence-electron chi connectivity index (χ2n) is 3.54. The largest absolute Gasteiger partial charge is 0.375 e. The van der Waals surface area contributed by atoms with Crippen molar-refractivity contribution in [3.8, 4) is 0 Å². The minimum absolute atomic E-state index is 0.130. The van der Waals surface area contributed by atoms with Gasteiger partial charge in [0.15, 0.2) is 0 Å². The van der Waals surface area contributed by atoms with Crippen molar-refractivity contribution in [2.75, 3.05) is 5.32 Å². The highest BCUT2D eigenvalue weighted by Gasteiger charge is 2.10. The lowest BCUT2D eigenvalue weighted by Crippen LogP contribution is -2.08. The fraction of sp³-hybridized carbons (Fsp3) is 0.182. The number of aromatic nitrogens is 2. The van der Waals surface area contributed by atoms with Crippen LogP contribution in [0.5, 0.6) is 0 Å². The first kappa shape index (κ1) is 12.0. The second kappa shape index (κ2) is 4.83. The van der Waals surface area contributed by atoms with Crippen LogP contribution in [0.15, 0.2) is 28.9 Å². The normalized spacial score (nSPS) is 10.6. The monoisotopic (exact) mass is 301 g/mol. The molecule has 1 N–H and O–H groups in total. The van der Waals surface area contributed by atoms with Crippen LogP contribution in [0.25, 0.3) is 0 Å². The summed E-state index contributed by atoms with van der Waals surface area (Å²) in [4.78, 5) is 0. The molecule has 90 valence electrons. The standard InChI is InChI=1S/C11H10BrF2N3/c1-17-8(2-3-16-17)6-15-11-9(13)4-7(12)5-10(11)14/h2-5,15H,6H2,1H3. The van der Waals surface area contributed by atoms with Gasteiger partial charge < -0.3 is 5.32 Å². The predicted molar refractivity (Wildman–Crippen MR) is 64.6 cm³/mol. The summed E-state index contributed by atoms with van der Waals surface area (Å²) in [7, 11) is 1.77. The molecule has 6 heteroatoms. The maximum atomic E-state index is 13.5. The molecule has 0 bridgehead atoms. The van der Waals surface area contributed by atoms with Gasteiger partial charge in [0.25, 0.3) is 0 Å². The first-order chi connectivity index (χ1) is 8.08. The molecule has 0 saturated carbocycles. The van der Waals surface area contributed by atoms with E-state index >= 15 is 0 Å². The number of rotatable bonds is 3. The highest BCUT2D eigenvalue weighted by molar-refractivity contribution is 9.10. The molecule has 0 atom stereocenters. The Morgan fingerprint density at radius 2 is 2.00 bits per heavy atom. The van der Waals surface area contributed by atoms with E-state index in [1.807, 2.05) is 0 Å². The molecule has 1 heterocycles. The van der Waals surface area contributed by atoms with Gasteiger partial charge in [-0.25, -0.2) is 8.78 Å². The molecule has 0 aliphatic rings. The molecule has 0 radical (unpaired) electrons. The number of benzene rings is 1. The summed E-state index contributed by atoms with van der Waals surface area (Å²) in [5, 5.41) is 6.69. The van der Waals surface area contributed by atoms with E-state index in [9.17, 15) is 8.78 Å². The average Bonchev–Trinajstić information content (AvgIpc) is 2.62. The molecule has 2 aromatic rings. The van der Waals surface area contributed by atoms with Crippen LogP contribution in [-0.2, 0) is 13.6 Å². The third-order valence-electron chi connectivity index (χ3n) is 2.38. The van der Waals surface area contributed by atoms with Crippen LogP contribution in [0, 0.1) is 11.6 Å². The Labute approximate surface area is 106 Å².